The highest BCUT2D eigenvalue weighted by atomic mass is 32.2. The predicted octanol–water partition coefficient (Wildman–Crippen LogP) is -0.0537. The Morgan fingerprint density at radius 3 is 2.43 bits per heavy atom. The average molecular weight is 218 g/mol. The van der Waals surface area contributed by atoms with Gasteiger partial charge in [-0.25, -0.2) is 0 Å². The van der Waals surface area contributed by atoms with Crippen molar-refractivity contribution in [1.82, 2.24) is 13.9 Å². The van der Waals surface area contributed by atoms with Crippen molar-refractivity contribution in [1.29, 1.82) is 0 Å². The first-order valence-electron chi connectivity index (χ1n) is 4.06. The van der Waals surface area contributed by atoms with E-state index in [1.165, 1.54) is 12.3 Å². The van der Waals surface area contributed by atoms with Crippen molar-refractivity contribution in [2.24, 2.45) is 0 Å². The molecule has 0 aliphatic carbocycles. The monoisotopic (exact) mass is 218 g/mol. The highest BCUT2D eigenvalue weighted by Gasteiger charge is 2.21. The van der Waals surface area contributed by atoms with E-state index in [1.807, 2.05) is 0 Å². The zero-order chi connectivity index (χ0) is 11.0. The number of hydrogen-bond donors (Lipinski definition) is 2. The van der Waals surface area contributed by atoms with Crippen LogP contribution in [-0.2, 0) is 10.2 Å². The predicted molar refractivity (Wildman–Crippen MR) is 53.8 cm³/mol. The van der Waals surface area contributed by atoms with Gasteiger partial charge in [-0.3, -0.25) is 0 Å². The molecule has 0 amide bonds. The summed E-state index contributed by atoms with van der Waals surface area (Å²) in [6.45, 7) is 5.24. The summed E-state index contributed by atoms with van der Waals surface area (Å²) in [4.78, 5) is 0. The van der Waals surface area contributed by atoms with Gasteiger partial charge in [0.2, 0.25) is 0 Å². The standard InChI is InChI=1S/C7H14N4O2S/c1-7(2,3)10-14(12,13)11-5-4-6(8)9-11/h4-5,10H,1-3H3,(H2,8,9). The number of rotatable bonds is 2. The van der Waals surface area contributed by atoms with Crippen LogP contribution in [-0.4, -0.2) is 23.1 Å². The largest absolute Gasteiger partial charge is 0.382 e. The fraction of sp³-hybridized carbons (Fsp3) is 0.571. The Hall–Kier alpha value is -1.08. The summed E-state index contributed by atoms with van der Waals surface area (Å²) in [6.07, 6.45) is 1.30. The number of nitrogens with zero attached hydrogens (tertiary/aromatic N) is 2. The molecule has 0 aliphatic rings. The molecular weight excluding hydrogens is 204 g/mol. The van der Waals surface area contributed by atoms with Gasteiger partial charge in [0, 0.05) is 17.8 Å². The van der Waals surface area contributed by atoms with Gasteiger partial charge in [-0.05, 0) is 20.8 Å². The number of nitrogens with one attached hydrogen (secondary N) is 1. The Balaban J connectivity index is 2.98. The average Bonchev–Trinajstić information content (AvgIpc) is 2.29. The molecule has 0 saturated carbocycles. The van der Waals surface area contributed by atoms with Crippen LogP contribution in [0.2, 0.25) is 0 Å². The quantitative estimate of drug-likeness (QED) is 0.728. The van der Waals surface area contributed by atoms with E-state index < -0.39 is 15.7 Å². The van der Waals surface area contributed by atoms with Gasteiger partial charge in [0.15, 0.2) is 0 Å². The second kappa shape index (κ2) is 3.25. The maximum absolute atomic E-state index is 11.6. The topological polar surface area (TPSA) is 90.0 Å². The van der Waals surface area contributed by atoms with Crippen LogP contribution in [0.15, 0.2) is 12.3 Å². The fourth-order valence-electron chi connectivity index (χ4n) is 0.888. The highest BCUT2D eigenvalue weighted by Crippen LogP contribution is 2.05. The molecule has 6 nitrogen and oxygen atoms in total. The Bertz CT molecular complexity index is 415. The molecule has 0 saturated heterocycles. The Morgan fingerprint density at radius 2 is 2.07 bits per heavy atom. The lowest BCUT2D eigenvalue weighted by atomic mass is 10.1. The normalized spacial score (nSPS) is 13.1. The molecule has 0 atom stereocenters. The van der Waals surface area contributed by atoms with Gasteiger partial charge in [-0.1, -0.05) is 0 Å². The maximum atomic E-state index is 11.6. The van der Waals surface area contributed by atoms with Crippen molar-refractivity contribution in [3.63, 3.8) is 0 Å². The Kier molecular flexibility index (Phi) is 2.55. The number of hydrogen-bond acceptors (Lipinski definition) is 4. The van der Waals surface area contributed by atoms with Crippen molar-refractivity contribution in [3.05, 3.63) is 12.3 Å². The molecular formula is C7H14N4O2S. The van der Waals surface area contributed by atoms with Crippen LogP contribution in [0, 0.1) is 0 Å². The van der Waals surface area contributed by atoms with E-state index in [-0.39, 0.29) is 5.82 Å². The number of nitrogens with two attached hydrogens (primary N) is 1. The molecule has 7 heteroatoms. The first-order chi connectivity index (χ1) is 6.21. The smallest absolute Gasteiger partial charge is 0.320 e. The van der Waals surface area contributed by atoms with E-state index in [0.717, 1.165) is 4.09 Å². The first kappa shape index (κ1) is 11.0. The van der Waals surface area contributed by atoms with Crippen molar-refractivity contribution in [3.8, 4) is 0 Å². The van der Waals surface area contributed by atoms with Crippen LogP contribution in [0.25, 0.3) is 0 Å². The summed E-state index contributed by atoms with van der Waals surface area (Å²) in [7, 11) is -3.62. The molecule has 1 aromatic heterocycles. The van der Waals surface area contributed by atoms with Crippen LogP contribution in [0.4, 0.5) is 5.82 Å². The molecule has 0 aliphatic heterocycles. The Morgan fingerprint density at radius 1 is 1.50 bits per heavy atom. The zero-order valence-corrected chi connectivity index (χ0v) is 9.17. The lowest BCUT2D eigenvalue weighted by molar-refractivity contribution is 0.483. The summed E-state index contributed by atoms with van der Waals surface area (Å²) in [5, 5.41) is 3.61. The van der Waals surface area contributed by atoms with Gasteiger partial charge in [0.05, 0.1) is 0 Å². The molecule has 1 heterocycles. The first-order valence-corrected chi connectivity index (χ1v) is 5.50. The van der Waals surface area contributed by atoms with Crippen LogP contribution in [0.3, 0.4) is 0 Å². The van der Waals surface area contributed by atoms with Crippen molar-refractivity contribution < 1.29 is 8.42 Å². The summed E-state index contributed by atoms with van der Waals surface area (Å²) >= 11 is 0. The zero-order valence-electron chi connectivity index (χ0n) is 8.35. The van der Waals surface area contributed by atoms with Crippen molar-refractivity contribution in [2.75, 3.05) is 5.73 Å². The molecule has 0 aromatic carbocycles. The van der Waals surface area contributed by atoms with Gasteiger partial charge in [0.25, 0.3) is 0 Å². The van der Waals surface area contributed by atoms with Crippen LogP contribution in [0.1, 0.15) is 20.8 Å². The molecule has 0 bridgehead atoms. The number of aromatic nitrogens is 2. The maximum Gasteiger partial charge on any atom is 0.320 e. The van der Waals surface area contributed by atoms with Crippen LogP contribution >= 0.6 is 0 Å². The summed E-state index contributed by atoms with van der Waals surface area (Å²) in [5.41, 5.74) is 4.77. The minimum absolute atomic E-state index is 0.171. The summed E-state index contributed by atoms with van der Waals surface area (Å²) in [6, 6.07) is 1.42. The molecule has 1 rings (SSSR count). The molecule has 0 fully saturated rings. The molecule has 80 valence electrons. The third-order valence-corrected chi connectivity index (χ3v) is 2.83. The van der Waals surface area contributed by atoms with E-state index >= 15 is 0 Å². The SMILES string of the molecule is CC(C)(C)NS(=O)(=O)n1ccc(N)n1. The lowest BCUT2D eigenvalue weighted by Crippen LogP contribution is -2.43. The van der Waals surface area contributed by atoms with Crippen LogP contribution in [0.5, 0.6) is 0 Å². The van der Waals surface area contributed by atoms with E-state index in [1.54, 1.807) is 20.8 Å². The van der Waals surface area contributed by atoms with E-state index in [4.69, 9.17) is 5.73 Å². The van der Waals surface area contributed by atoms with Gasteiger partial charge in [-0.2, -0.15) is 17.2 Å². The molecule has 0 radical (unpaired) electrons. The molecule has 3 N–H and O–H groups in total. The van der Waals surface area contributed by atoms with Crippen molar-refractivity contribution in [2.45, 2.75) is 26.3 Å². The van der Waals surface area contributed by atoms with E-state index in [2.05, 4.69) is 9.82 Å². The van der Waals surface area contributed by atoms with Gasteiger partial charge >= 0.3 is 10.2 Å². The van der Waals surface area contributed by atoms with E-state index in [9.17, 15) is 8.42 Å². The summed E-state index contributed by atoms with van der Waals surface area (Å²) in [5.74, 6) is 0.171. The minimum atomic E-state index is -3.62. The third-order valence-electron chi connectivity index (χ3n) is 1.27. The molecule has 14 heavy (non-hydrogen) atoms. The fourth-order valence-corrected chi connectivity index (χ4v) is 2.18. The third kappa shape index (κ3) is 2.71. The van der Waals surface area contributed by atoms with Gasteiger partial charge in [-0.15, -0.1) is 5.10 Å². The van der Waals surface area contributed by atoms with Crippen molar-refractivity contribution >= 4 is 16.0 Å². The van der Waals surface area contributed by atoms with E-state index in [0.29, 0.717) is 0 Å². The molecule has 0 unspecified atom stereocenters. The Labute approximate surface area is 83.3 Å². The lowest BCUT2D eigenvalue weighted by Gasteiger charge is -2.19. The summed E-state index contributed by atoms with van der Waals surface area (Å²) < 4.78 is 26.4. The highest BCUT2D eigenvalue weighted by molar-refractivity contribution is 7.87. The van der Waals surface area contributed by atoms with Crippen LogP contribution < -0.4 is 10.5 Å². The number of anilines is 1. The minimum Gasteiger partial charge on any atom is -0.382 e. The molecule has 1 aromatic rings. The second-order valence-corrected chi connectivity index (χ2v) is 5.50. The second-order valence-electron chi connectivity index (χ2n) is 3.97. The number of nitrogen functional groups attached to an aromatic ring is 1. The van der Waals surface area contributed by atoms with Gasteiger partial charge in [0.1, 0.15) is 5.82 Å². The van der Waals surface area contributed by atoms with Gasteiger partial charge < -0.3 is 5.73 Å². The molecule has 0 spiro atoms.